The molecule has 1 atom stereocenters. The van der Waals surface area contributed by atoms with Gasteiger partial charge in [-0.3, -0.25) is 4.99 Å². The van der Waals surface area contributed by atoms with Crippen molar-refractivity contribution >= 4 is 29.9 Å². The lowest BCUT2D eigenvalue weighted by Crippen LogP contribution is -2.46. The minimum absolute atomic E-state index is 0. The Morgan fingerprint density at radius 2 is 1.87 bits per heavy atom. The van der Waals surface area contributed by atoms with E-state index in [4.69, 9.17) is 14.1 Å². The summed E-state index contributed by atoms with van der Waals surface area (Å²) in [5.41, 5.74) is 1.46. The van der Waals surface area contributed by atoms with Crippen LogP contribution >= 0.6 is 24.0 Å². The zero-order chi connectivity index (χ0) is 19.7. The smallest absolute Gasteiger partial charge is 0.193 e. The van der Waals surface area contributed by atoms with Crippen molar-refractivity contribution in [3.63, 3.8) is 0 Å². The third kappa shape index (κ3) is 7.01. The topological polar surface area (TPSA) is 50.0 Å². The number of hydrogen-bond donors (Lipinski definition) is 1. The van der Waals surface area contributed by atoms with E-state index < -0.39 is 0 Å². The third-order valence-electron chi connectivity index (χ3n) is 6.04. The standard InChI is InChI=1S/C24H33N3O2.HI/c1-2-5-20(6-3-1)17-21-9-13-27(14-10-21)24(26-18-22-11-16-28-19-22)25-12-8-23-7-4-15-29-23;/h1-7,15,21-22H,8-14,16-19H2,(H,25,26);1H. The molecule has 2 aliphatic rings. The molecule has 0 spiro atoms. The van der Waals surface area contributed by atoms with Crippen LogP contribution in [0.4, 0.5) is 0 Å². The van der Waals surface area contributed by atoms with Gasteiger partial charge in [0.2, 0.25) is 0 Å². The van der Waals surface area contributed by atoms with Crippen LogP contribution in [0.25, 0.3) is 0 Å². The van der Waals surface area contributed by atoms with E-state index in [1.54, 1.807) is 6.26 Å². The summed E-state index contributed by atoms with van der Waals surface area (Å²) in [6, 6.07) is 14.9. The van der Waals surface area contributed by atoms with Crippen LogP contribution in [0.2, 0.25) is 0 Å². The molecule has 5 nitrogen and oxygen atoms in total. The lowest BCUT2D eigenvalue weighted by atomic mass is 9.90. The zero-order valence-corrected chi connectivity index (χ0v) is 20.0. The van der Waals surface area contributed by atoms with Gasteiger partial charge in [0.05, 0.1) is 12.9 Å². The summed E-state index contributed by atoms with van der Waals surface area (Å²) in [7, 11) is 0. The van der Waals surface area contributed by atoms with Gasteiger partial charge in [-0.1, -0.05) is 30.3 Å². The van der Waals surface area contributed by atoms with Gasteiger partial charge in [-0.05, 0) is 49.3 Å². The van der Waals surface area contributed by atoms with Crippen LogP contribution < -0.4 is 5.32 Å². The van der Waals surface area contributed by atoms with Crippen molar-refractivity contribution in [3.8, 4) is 0 Å². The molecule has 2 saturated heterocycles. The maximum absolute atomic E-state index is 5.52. The first kappa shape index (κ1) is 23.1. The van der Waals surface area contributed by atoms with Crippen LogP contribution in [-0.2, 0) is 17.6 Å². The molecule has 2 aliphatic heterocycles. The Kier molecular flexibility index (Phi) is 9.52. The SMILES string of the molecule is I.c1ccc(CC2CCN(C(=NCC3CCOC3)NCCc3ccco3)CC2)cc1. The quantitative estimate of drug-likeness (QED) is 0.333. The number of piperidine rings is 1. The number of benzene rings is 1. The Morgan fingerprint density at radius 3 is 2.57 bits per heavy atom. The molecule has 30 heavy (non-hydrogen) atoms. The number of hydrogen-bond acceptors (Lipinski definition) is 3. The predicted molar refractivity (Wildman–Crippen MR) is 132 cm³/mol. The van der Waals surface area contributed by atoms with Gasteiger partial charge in [-0.25, -0.2) is 0 Å². The van der Waals surface area contributed by atoms with Gasteiger partial charge in [0.25, 0.3) is 0 Å². The van der Waals surface area contributed by atoms with Crippen molar-refractivity contribution in [2.75, 3.05) is 39.4 Å². The highest BCUT2D eigenvalue weighted by atomic mass is 127. The fraction of sp³-hybridized carbons (Fsp3) is 0.542. The molecular weight excluding hydrogens is 489 g/mol. The van der Waals surface area contributed by atoms with E-state index in [9.17, 15) is 0 Å². The maximum atomic E-state index is 5.52. The summed E-state index contributed by atoms with van der Waals surface area (Å²) in [6.07, 6.45) is 7.38. The third-order valence-corrected chi connectivity index (χ3v) is 6.04. The average molecular weight is 523 g/mol. The number of rotatable bonds is 7. The van der Waals surface area contributed by atoms with Gasteiger partial charge < -0.3 is 19.4 Å². The first-order chi connectivity index (χ1) is 14.4. The van der Waals surface area contributed by atoms with E-state index in [2.05, 4.69) is 40.5 Å². The molecule has 1 aromatic carbocycles. The predicted octanol–water partition coefficient (Wildman–Crippen LogP) is 4.38. The minimum Gasteiger partial charge on any atom is -0.469 e. The van der Waals surface area contributed by atoms with Gasteiger partial charge in [-0.15, -0.1) is 24.0 Å². The molecule has 0 bridgehead atoms. The Labute approximate surface area is 197 Å². The van der Waals surface area contributed by atoms with Crippen LogP contribution in [0, 0.1) is 11.8 Å². The maximum Gasteiger partial charge on any atom is 0.193 e. The second kappa shape index (κ2) is 12.3. The van der Waals surface area contributed by atoms with E-state index in [1.165, 1.54) is 24.8 Å². The number of likely N-dealkylation sites (tertiary alicyclic amines) is 1. The molecule has 2 aromatic rings. The Bertz CT molecular complexity index is 737. The molecule has 0 radical (unpaired) electrons. The lowest BCUT2D eigenvalue weighted by Gasteiger charge is -2.34. The van der Waals surface area contributed by atoms with Crippen molar-refractivity contribution in [2.45, 2.75) is 32.1 Å². The Balaban J connectivity index is 0.00000256. The largest absolute Gasteiger partial charge is 0.469 e. The first-order valence-corrected chi connectivity index (χ1v) is 11.0. The number of nitrogens with one attached hydrogen (secondary N) is 1. The van der Waals surface area contributed by atoms with E-state index in [1.807, 2.05) is 12.1 Å². The van der Waals surface area contributed by atoms with E-state index in [0.717, 1.165) is 69.9 Å². The normalized spacial score (nSPS) is 20.2. The van der Waals surface area contributed by atoms with Crippen molar-refractivity contribution in [1.29, 1.82) is 0 Å². The highest BCUT2D eigenvalue weighted by molar-refractivity contribution is 14.0. The van der Waals surface area contributed by atoms with Crippen molar-refractivity contribution in [1.82, 2.24) is 10.2 Å². The van der Waals surface area contributed by atoms with Gasteiger partial charge in [0.1, 0.15) is 5.76 Å². The summed E-state index contributed by atoms with van der Waals surface area (Å²) < 4.78 is 11.0. The number of furan rings is 1. The van der Waals surface area contributed by atoms with Gasteiger partial charge in [-0.2, -0.15) is 0 Å². The summed E-state index contributed by atoms with van der Waals surface area (Å²) in [5.74, 6) is 3.40. The van der Waals surface area contributed by atoms with E-state index >= 15 is 0 Å². The molecule has 2 fully saturated rings. The molecule has 0 amide bonds. The number of ether oxygens (including phenoxy) is 1. The highest BCUT2D eigenvalue weighted by Gasteiger charge is 2.23. The molecule has 0 saturated carbocycles. The second-order valence-electron chi connectivity index (χ2n) is 8.27. The number of halogens is 1. The average Bonchev–Trinajstić information content (AvgIpc) is 3.46. The van der Waals surface area contributed by atoms with Crippen LogP contribution in [0.1, 0.15) is 30.6 Å². The van der Waals surface area contributed by atoms with Gasteiger partial charge >= 0.3 is 0 Å². The lowest BCUT2D eigenvalue weighted by molar-refractivity contribution is 0.187. The minimum atomic E-state index is 0. The summed E-state index contributed by atoms with van der Waals surface area (Å²) in [5, 5.41) is 3.59. The van der Waals surface area contributed by atoms with Crippen LogP contribution in [0.3, 0.4) is 0 Å². The zero-order valence-electron chi connectivity index (χ0n) is 17.7. The molecule has 1 aromatic heterocycles. The molecule has 3 heterocycles. The monoisotopic (exact) mass is 523 g/mol. The Hall–Kier alpha value is -1.54. The van der Waals surface area contributed by atoms with Crippen LogP contribution in [0.15, 0.2) is 58.1 Å². The summed E-state index contributed by atoms with van der Waals surface area (Å²) >= 11 is 0. The van der Waals surface area contributed by atoms with Gasteiger partial charge in [0, 0.05) is 45.1 Å². The first-order valence-electron chi connectivity index (χ1n) is 11.0. The second-order valence-corrected chi connectivity index (χ2v) is 8.27. The highest BCUT2D eigenvalue weighted by Crippen LogP contribution is 2.22. The van der Waals surface area contributed by atoms with Gasteiger partial charge in [0.15, 0.2) is 5.96 Å². The van der Waals surface area contributed by atoms with E-state index in [-0.39, 0.29) is 24.0 Å². The Morgan fingerprint density at radius 1 is 1.03 bits per heavy atom. The summed E-state index contributed by atoms with van der Waals surface area (Å²) in [4.78, 5) is 7.42. The summed E-state index contributed by atoms with van der Waals surface area (Å²) in [6.45, 7) is 5.58. The molecule has 0 aliphatic carbocycles. The molecule has 1 unspecified atom stereocenters. The van der Waals surface area contributed by atoms with Crippen LogP contribution in [-0.4, -0.2) is 50.3 Å². The van der Waals surface area contributed by atoms with Crippen LogP contribution in [0.5, 0.6) is 0 Å². The fourth-order valence-electron chi connectivity index (χ4n) is 4.26. The van der Waals surface area contributed by atoms with Crippen molar-refractivity contribution in [2.24, 2.45) is 16.8 Å². The molecular formula is C24H34IN3O2. The number of aliphatic imine (C=N–C) groups is 1. The molecule has 1 N–H and O–H groups in total. The fourth-order valence-corrected chi connectivity index (χ4v) is 4.26. The number of guanidine groups is 1. The van der Waals surface area contributed by atoms with E-state index in [0.29, 0.717) is 5.92 Å². The van der Waals surface area contributed by atoms with Crippen molar-refractivity contribution < 1.29 is 9.15 Å². The molecule has 164 valence electrons. The molecule has 6 heteroatoms. The van der Waals surface area contributed by atoms with Crippen molar-refractivity contribution in [3.05, 3.63) is 60.1 Å². The molecule has 4 rings (SSSR count). The number of nitrogens with zero attached hydrogens (tertiary/aromatic N) is 2.